The van der Waals surface area contributed by atoms with Gasteiger partial charge in [-0.05, 0) is 51.3 Å². The van der Waals surface area contributed by atoms with E-state index < -0.39 is 0 Å². The Hall–Kier alpha value is -2.17. The zero-order chi connectivity index (χ0) is 15.9. The fourth-order valence-corrected chi connectivity index (χ4v) is 3.41. The summed E-state index contributed by atoms with van der Waals surface area (Å²) in [5.74, 6) is -0.161. The summed E-state index contributed by atoms with van der Waals surface area (Å²) in [5, 5.41) is 0.810. The molecule has 1 fully saturated rings. The van der Waals surface area contributed by atoms with Crippen molar-refractivity contribution in [1.82, 2.24) is 14.5 Å². The minimum absolute atomic E-state index is 0.161. The number of carbonyl (C=O) groups is 1. The van der Waals surface area contributed by atoms with Crippen LogP contribution in [0, 0.1) is 0 Å². The van der Waals surface area contributed by atoms with Crippen LogP contribution in [-0.2, 0) is 7.05 Å². The van der Waals surface area contributed by atoms with E-state index in [1.165, 1.54) is 4.57 Å². The average molecular weight is 299 g/mol. The highest BCUT2D eigenvalue weighted by molar-refractivity contribution is 5.97. The third-order valence-electron chi connectivity index (χ3n) is 4.63. The first-order valence-corrected chi connectivity index (χ1v) is 7.78. The molecule has 0 aliphatic carbocycles. The van der Waals surface area contributed by atoms with Crippen molar-refractivity contribution in [3.63, 3.8) is 0 Å². The summed E-state index contributed by atoms with van der Waals surface area (Å²) in [4.78, 5) is 31.6. The van der Waals surface area contributed by atoms with Gasteiger partial charge in [-0.25, -0.2) is 4.98 Å². The molecule has 22 heavy (non-hydrogen) atoms. The number of amides is 1. The Balaban J connectivity index is 2.11. The van der Waals surface area contributed by atoms with E-state index >= 15 is 0 Å². The van der Waals surface area contributed by atoms with Crippen molar-refractivity contribution >= 4 is 16.9 Å². The molecule has 2 aromatic rings. The van der Waals surface area contributed by atoms with Crippen LogP contribution in [0.3, 0.4) is 0 Å². The van der Waals surface area contributed by atoms with Crippen molar-refractivity contribution in [1.29, 1.82) is 0 Å². The molecule has 0 bridgehead atoms. The second-order valence-electron chi connectivity index (χ2n) is 6.18. The Morgan fingerprint density at radius 1 is 1.27 bits per heavy atom. The van der Waals surface area contributed by atoms with Gasteiger partial charge in [0.05, 0.1) is 0 Å². The highest BCUT2D eigenvalue weighted by Crippen LogP contribution is 2.24. The topological polar surface area (TPSA) is 55.2 Å². The van der Waals surface area contributed by atoms with Crippen LogP contribution in [0.4, 0.5) is 0 Å². The molecule has 2 unspecified atom stereocenters. The fraction of sp³-hybridized carbons (Fsp3) is 0.471. The van der Waals surface area contributed by atoms with Crippen molar-refractivity contribution in [2.75, 3.05) is 0 Å². The summed E-state index contributed by atoms with van der Waals surface area (Å²) in [6.45, 7) is 4.11. The maximum atomic E-state index is 12.9. The largest absolute Gasteiger partial charge is 0.333 e. The molecule has 2 atom stereocenters. The maximum Gasteiger partial charge on any atom is 0.264 e. The van der Waals surface area contributed by atoms with E-state index in [0.717, 1.165) is 24.6 Å². The lowest BCUT2D eigenvalue weighted by Gasteiger charge is -2.39. The van der Waals surface area contributed by atoms with E-state index in [4.69, 9.17) is 0 Å². The second kappa shape index (κ2) is 5.55. The quantitative estimate of drug-likeness (QED) is 0.812. The molecule has 0 saturated carbocycles. The SMILES string of the molecule is CC1CCCC(C)N1C(=O)c1cc2cccnc2n(C)c1=O. The van der Waals surface area contributed by atoms with Crippen molar-refractivity contribution in [2.45, 2.75) is 45.2 Å². The summed E-state index contributed by atoms with van der Waals surface area (Å²) in [7, 11) is 1.66. The third-order valence-corrected chi connectivity index (χ3v) is 4.63. The van der Waals surface area contributed by atoms with Crippen LogP contribution in [-0.4, -0.2) is 32.4 Å². The zero-order valence-electron chi connectivity index (χ0n) is 13.2. The van der Waals surface area contributed by atoms with Gasteiger partial charge in [-0.2, -0.15) is 0 Å². The number of carbonyl (C=O) groups excluding carboxylic acids is 1. The monoisotopic (exact) mass is 299 g/mol. The number of aryl methyl sites for hydroxylation is 1. The summed E-state index contributed by atoms with van der Waals surface area (Å²) in [6, 6.07) is 5.71. The minimum atomic E-state index is -0.277. The third kappa shape index (κ3) is 2.30. The normalized spacial score (nSPS) is 22.0. The Labute approximate surface area is 129 Å². The molecule has 1 aliphatic rings. The predicted molar refractivity (Wildman–Crippen MR) is 85.9 cm³/mol. The Bertz CT molecular complexity index is 771. The predicted octanol–water partition coefficient (Wildman–Crippen LogP) is 2.34. The van der Waals surface area contributed by atoms with E-state index in [0.29, 0.717) is 5.65 Å². The van der Waals surface area contributed by atoms with E-state index in [2.05, 4.69) is 18.8 Å². The molecule has 1 amide bonds. The zero-order valence-corrected chi connectivity index (χ0v) is 13.2. The molecule has 2 aromatic heterocycles. The number of hydrogen-bond donors (Lipinski definition) is 0. The van der Waals surface area contributed by atoms with Crippen LogP contribution >= 0.6 is 0 Å². The van der Waals surface area contributed by atoms with E-state index in [1.807, 2.05) is 17.0 Å². The molecule has 0 radical (unpaired) electrons. The van der Waals surface area contributed by atoms with Crippen molar-refractivity contribution in [3.8, 4) is 0 Å². The highest BCUT2D eigenvalue weighted by Gasteiger charge is 2.31. The maximum absolute atomic E-state index is 12.9. The van der Waals surface area contributed by atoms with Gasteiger partial charge in [-0.15, -0.1) is 0 Å². The number of likely N-dealkylation sites (tertiary alicyclic amines) is 1. The highest BCUT2D eigenvalue weighted by atomic mass is 16.2. The van der Waals surface area contributed by atoms with Gasteiger partial charge in [0.25, 0.3) is 11.5 Å². The van der Waals surface area contributed by atoms with Gasteiger partial charge in [-0.3, -0.25) is 14.2 Å². The van der Waals surface area contributed by atoms with Crippen molar-refractivity contribution in [3.05, 3.63) is 40.3 Å². The summed E-state index contributed by atoms with van der Waals surface area (Å²) in [5.41, 5.74) is 0.563. The number of pyridine rings is 2. The lowest BCUT2D eigenvalue weighted by Crippen LogP contribution is -2.49. The molecular formula is C17H21N3O2. The number of piperidine rings is 1. The molecular weight excluding hydrogens is 278 g/mol. The van der Waals surface area contributed by atoms with E-state index in [-0.39, 0.29) is 29.1 Å². The minimum Gasteiger partial charge on any atom is -0.333 e. The van der Waals surface area contributed by atoms with Gasteiger partial charge in [0.2, 0.25) is 0 Å². The molecule has 5 nitrogen and oxygen atoms in total. The van der Waals surface area contributed by atoms with Crippen molar-refractivity contribution in [2.24, 2.45) is 7.05 Å². The van der Waals surface area contributed by atoms with Crippen LogP contribution in [0.1, 0.15) is 43.5 Å². The molecule has 0 aromatic carbocycles. The summed E-state index contributed by atoms with van der Waals surface area (Å²) in [6.07, 6.45) is 4.76. The molecule has 5 heteroatoms. The Kier molecular flexibility index (Phi) is 3.72. The van der Waals surface area contributed by atoms with Crippen LogP contribution in [0.25, 0.3) is 11.0 Å². The molecule has 0 spiro atoms. The van der Waals surface area contributed by atoms with Gasteiger partial charge >= 0.3 is 0 Å². The summed E-state index contributed by atoms with van der Waals surface area (Å²) < 4.78 is 1.46. The number of aromatic nitrogens is 2. The molecule has 1 saturated heterocycles. The second-order valence-corrected chi connectivity index (χ2v) is 6.18. The standard InChI is InChI=1S/C17H21N3O2/c1-11-6-4-7-12(2)20(11)17(22)14-10-13-8-5-9-18-15(13)19(3)16(14)21/h5,8-12H,4,6-7H2,1-3H3. The first-order valence-electron chi connectivity index (χ1n) is 7.78. The number of hydrogen-bond acceptors (Lipinski definition) is 3. The van der Waals surface area contributed by atoms with Gasteiger partial charge < -0.3 is 4.90 Å². The number of nitrogens with zero attached hydrogens (tertiary/aromatic N) is 3. The molecule has 0 N–H and O–H groups in total. The summed E-state index contributed by atoms with van der Waals surface area (Å²) >= 11 is 0. The lowest BCUT2D eigenvalue weighted by molar-refractivity contribution is 0.0508. The Morgan fingerprint density at radius 3 is 2.64 bits per heavy atom. The first-order chi connectivity index (χ1) is 10.5. The van der Waals surface area contributed by atoms with Crippen LogP contribution in [0.2, 0.25) is 0 Å². The first kappa shape index (κ1) is 14.8. The fourth-order valence-electron chi connectivity index (χ4n) is 3.41. The molecule has 3 heterocycles. The van der Waals surface area contributed by atoms with Gasteiger partial charge in [0.1, 0.15) is 11.2 Å². The van der Waals surface area contributed by atoms with Gasteiger partial charge in [-0.1, -0.05) is 0 Å². The van der Waals surface area contributed by atoms with Gasteiger partial charge in [0, 0.05) is 30.7 Å². The molecule has 3 rings (SSSR count). The lowest BCUT2D eigenvalue weighted by atomic mass is 9.96. The smallest absolute Gasteiger partial charge is 0.264 e. The van der Waals surface area contributed by atoms with E-state index in [1.54, 1.807) is 19.3 Å². The van der Waals surface area contributed by atoms with Crippen molar-refractivity contribution < 1.29 is 4.79 Å². The van der Waals surface area contributed by atoms with Crippen LogP contribution in [0.5, 0.6) is 0 Å². The van der Waals surface area contributed by atoms with E-state index in [9.17, 15) is 9.59 Å². The molecule has 1 aliphatic heterocycles. The molecule has 116 valence electrons. The van der Waals surface area contributed by atoms with Gasteiger partial charge in [0.15, 0.2) is 0 Å². The van der Waals surface area contributed by atoms with Crippen LogP contribution < -0.4 is 5.56 Å². The Morgan fingerprint density at radius 2 is 1.95 bits per heavy atom. The number of rotatable bonds is 1. The number of fused-ring (bicyclic) bond motifs is 1. The van der Waals surface area contributed by atoms with Crippen LogP contribution in [0.15, 0.2) is 29.2 Å². The average Bonchev–Trinajstić information content (AvgIpc) is 2.50.